The molecule has 0 N–H and O–H groups in total. The van der Waals surface area contributed by atoms with Crippen molar-refractivity contribution >= 4 is 109 Å². The summed E-state index contributed by atoms with van der Waals surface area (Å²) in [6.07, 6.45) is 9.95. The number of hydrogen-bond donors (Lipinski definition) is 0. The van der Waals surface area contributed by atoms with Crippen molar-refractivity contribution in [1.29, 1.82) is 0 Å². The largest absolute Gasteiger partial charge is 0.452 e. The molecule has 0 radical (unpaired) electrons. The molecule has 8 aromatic carbocycles. The van der Waals surface area contributed by atoms with Crippen LogP contribution in [0.4, 0.5) is 0 Å². The molecule has 0 bridgehead atoms. The second kappa shape index (κ2) is 11.6. The minimum Gasteiger partial charge on any atom is -0.452 e. The molecule has 0 saturated heterocycles. The molecular formula is C49H38O3. The minimum absolute atomic E-state index is 0.774. The van der Waals surface area contributed by atoms with Crippen molar-refractivity contribution in [2.24, 2.45) is 0 Å². The maximum absolute atomic E-state index is 7.16. The third-order valence-electron chi connectivity index (χ3n) is 11.6. The summed E-state index contributed by atoms with van der Waals surface area (Å²) >= 11 is 0. The molecule has 3 aromatic heterocycles. The zero-order valence-corrected chi connectivity index (χ0v) is 29.4. The second-order valence-electron chi connectivity index (χ2n) is 14.7. The molecule has 3 heterocycles. The van der Waals surface area contributed by atoms with Crippen LogP contribution in [0.2, 0.25) is 0 Å². The minimum atomic E-state index is 0.774. The van der Waals surface area contributed by atoms with E-state index in [1.807, 2.05) is 0 Å². The molecule has 0 fully saturated rings. The monoisotopic (exact) mass is 674 g/mol. The van der Waals surface area contributed by atoms with E-state index in [2.05, 4.69) is 122 Å². The number of hydrogen-bond acceptors (Lipinski definition) is 3. The average molecular weight is 675 g/mol. The van der Waals surface area contributed by atoms with Crippen molar-refractivity contribution in [1.82, 2.24) is 0 Å². The summed E-state index contributed by atoms with van der Waals surface area (Å²) in [7, 11) is 0. The highest BCUT2D eigenvalue weighted by molar-refractivity contribution is 6.41. The molecular weight excluding hydrogens is 637 g/mol. The topological polar surface area (TPSA) is 39.4 Å². The van der Waals surface area contributed by atoms with Gasteiger partial charge >= 0.3 is 0 Å². The Balaban J connectivity index is 1.24. The molecule has 0 amide bonds. The highest BCUT2D eigenvalue weighted by atomic mass is 16.4. The third kappa shape index (κ3) is 4.26. The summed E-state index contributed by atoms with van der Waals surface area (Å²) in [6.45, 7) is 2.28. The Morgan fingerprint density at radius 3 is 1.50 bits per heavy atom. The van der Waals surface area contributed by atoms with Crippen LogP contribution < -0.4 is 0 Å². The first kappa shape index (κ1) is 29.9. The molecule has 0 aliphatic heterocycles. The van der Waals surface area contributed by atoms with Crippen LogP contribution in [0, 0.1) is 0 Å². The zero-order valence-electron chi connectivity index (χ0n) is 29.4. The molecule has 3 nitrogen and oxygen atoms in total. The highest BCUT2D eigenvalue weighted by Crippen LogP contribution is 2.51. The Morgan fingerprint density at radius 1 is 0.365 bits per heavy atom. The van der Waals surface area contributed by atoms with Crippen molar-refractivity contribution in [3.05, 3.63) is 121 Å². The smallest absolute Gasteiger partial charge is 0.179 e. The van der Waals surface area contributed by atoms with Gasteiger partial charge in [0, 0.05) is 37.9 Å². The van der Waals surface area contributed by atoms with Crippen LogP contribution in [0.25, 0.3) is 109 Å². The van der Waals surface area contributed by atoms with Gasteiger partial charge in [0.15, 0.2) is 22.3 Å². The SMILES string of the molecule is CCCCCCCCCc1c2ccccc2cc2c1oc1c3oc4c5oc6cc7ccccc7cc6c5c5ccccc5c4c3c3ccccc3c21. The molecule has 11 rings (SSSR count). The normalized spacial score (nSPS) is 12.6. The molecule has 52 heavy (non-hydrogen) atoms. The first-order valence-corrected chi connectivity index (χ1v) is 19.1. The quantitative estimate of drug-likeness (QED) is 0.151. The van der Waals surface area contributed by atoms with Crippen LogP contribution in [-0.4, -0.2) is 0 Å². The summed E-state index contributed by atoms with van der Waals surface area (Å²) < 4.78 is 21.1. The Morgan fingerprint density at radius 2 is 0.827 bits per heavy atom. The summed E-state index contributed by atoms with van der Waals surface area (Å²) in [5, 5.41) is 16.2. The molecule has 0 spiro atoms. The molecule has 0 unspecified atom stereocenters. The number of furan rings is 3. The maximum atomic E-state index is 7.16. The van der Waals surface area contributed by atoms with Crippen LogP contribution in [-0.2, 0) is 6.42 Å². The number of aryl methyl sites for hydroxylation is 1. The average Bonchev–Trinajstić information content (AvgIpc) is 3.89. The molecule has 252 valence electrons. The fraction of sp³-hybridized carbons (Fsp3) is 0.184. The van der Waals surface area contributed by atoms with E-state index in [-0.39, 0.29) is 0 Å². The Hall–Kier alpha value is -5.80. The lowest BCUT2D eigenvalue weighted by Crippen LogP contribution is -1.90. The van der Waals surface area contributed by atoms with Gasteiger partial charge in [-0.15, -0.1) is 0 Å². The molecule has 3 heteroatoms. The number of benzene rings is 8. The van der Waals surface area contributed by atoms with Crippen molar-refractivity contribution in [2.75, 3.05) is 0 Å². The van der Waals surface area contributed by atoms with E-state index in [0.717, 1.165) is 89.4 Å². The standard InChI is InChI=1S/C49H38O3/c1-2-3-4-5-6-7-8-25-37-32-20-12-11-19-31(32)27-39-42-34-22-14-16-24-36(34)44-43-35-23-15-13-21-33(35)41-38-26-29-17-9-10-18-30(29)28-40(38)50-46(41)48(43)52-49(44)47(42)51-45(37)39/h9-24,26-28H,2-8,25H2,1H3. The lowest BCUT2D eigenvalue weighted by molar-refractivity contribution is 0.587. The number of fused-ring (bicyclic) bond motifs is 19. The predicted octanol–water partition coefficient (Wildman–Crippen LogP) is 15.3. The zero-order chi connectivity index (χ0) is 34.3. The lowest BCUT2D eigenvalue weighted by Gasteiger charge is -2.08. The predicted molar refractivity (Wildman–Crippen MR) is 220 cm³/mol. The molecule has 0 atom stereocenters. The van der Waals surface area contributed by atoms with Crippen LogP contribution in [0.15, 0.2) is 129 Å². The van der Waals surface area contributed by atoms with Gasteiger partial charge in [0.2, 0.25) is 0 Å². The molecule has 11 aromatic rings. The van der Waals surface area contributed by atoms with E-state index in [9.17, 15) is 0 Å². The maximum Gasteiger partial charge on any atom is 0.179 e. The van der Waals surface area contributed by atoms with E-state index in [1.165, 1.54) is 76.4 Å². The Bertz CT molecular complexity index is 3200. The van der Waals surface area contributed by atoms with E-state index in [4.69, 9.17) is 13.3 Å². The van der Waals surface area contributed by atoms with Gasteiger partial charge in [0.25, 0.3) is 0 Å². The van der Waals surface area contributed by atoms with Crippen LogP contribution in [0.5, 0.6) is 0 Å². The lowest BCUT2D eigenvalue weighted by atomic mass is 9.93. The van der Waals surface area contributed by atoms with Gasteiger partial charge in [0.1, 0.15) is 11.2 Å². The van der Waals surface area contributed by atoms with Crippen molar-refractivity contribution < 1.29 is 13.3 Å². The van der Waals surface area contributed by atoms with E-state index in [0.29, 0.717) is 0 Å². The van der Waals surface area contributed by atoms with Gasteiger partial charge in [-0.3, -0.25) is 0 Å². The number of unbranched alkanes of at least 4 members (excludes halogenated alkanes) is 6. The molecule has 0 aliphatic rings. The Kier molecular flexibility index (Phi) is 6.67. The van der Waals surface area contributed by atoms with Crippen molar-refractivity contribution in [3.63, 3.8) is 0 Å². The summed E-state index contributed by atoms with van der Waals surface area (Å²) in [6, 6.07) is 41.6. The van der Waals surface area contributed by atoms with Gasteiger partial charge in [-0.25, -0.2) is 0 Å². The van der Waals surface area contributed by atoms with Crippen molar-refractivity contribution in [2.45, 2.75) is 58.3 Å². The number of rotatable bonds is 8. The van der Waals surface area contributed by atoms with E-state index < -0.39 is 0 Å². The van der Waals surface area contributed by atoms with Gasteiger partial charge in [-0.1, -0.05) is 143 Å². The van der Waals surface area contributed by atoms with Gasteiger partial charge in [-0.05, 0) is 74.1 Å². The van der Waals surface area contributed by atoms with Crippen LogP contribution >= 0.6 is 0 Å². The van der Waals surface area contributed by atoms with Crippen LogP contribution in [0.1, 0.15) is 57.4 Å². The summed E-state index contributed by atoms with van der Waals surface area (Å²) in [4.78, 5) is 0. The van der Waals surface area contributed by atoms with E-state index >= 15 is 0 Å². The first-order chi connectivity index (χ1) is 25.8. The second-order valence-corrected chi connectivity index (χ2v) is 14.7. The summed E-state index contributed by atoms with van der Waals surface area (Å²) in [5.41, 5.74) is 6.33. The fourth-order valence-electron chi connectivity index (χ4n) is 9.23. The van der Waals surface area contributed by atoms with Gasteiger partial charge in [0.05, 0.1) is 0 Å². The van der Waals surface area contributed by atoms with Crippen molar-refractivity contribution in [3.8, 4) is 0 Å². The van der Waals surface area contributed by atoms with Crippen LogP contribution in [0.3, 0.4) is 0 Å². The third-order valence-corrected chi connectivity index (χ3v) is 11.6. The van der Waals surface area contributed by atoms with Gasteiger partial charge < -0.3 is 13.3 Å². The summed E-state index contributed by atoms with van der Waals surface area (Å²) in [5.74, 6) is 0. The molecule has 0 aliphatic carbocycles. The van der Waals surface area contributed by atoms with E-state index in [1.54, 1.807) is 0 Å². The molecule has 0 saturated carbocycles. The van der Waals surface area contributed by atoms with Gasteiger partial charge in [-0.2, -0.15) is 0 Å². The fourth-order valence-corrected chi connectivity index (χ4v) is 9.23. The highest BCUT2D eigenvalue weighted by Gasteiger charge is 2.27. The Labute approximate surface area is 300 Å². The first-order valence-electron chi connectivity index (χ1n) is 19.1.